The van der Waals surface area contributed by atoms with Crippen LogP contribution in [0.1, 0.15) is 0 Å². The highest BCUT2D eigenvalue weighted by atomic mass is 16.6. The van der Waals surface area contributed by atoms with Gasteiger partial charge in [-0.15, -0.1) is 0 Å². The Morgan fingerprint density at radius 2 is 1.88 bits per heavy atom. The molecule has 1 aromatic heterocycles. The summed E-state index contributed by atoms with van der Waals surface area (Å²) in [7, 11) is 7.44. The predicted octanol–water partition coefficient (Wildman–Crippen LogP) is 3.39. The Hall–Kier alpha value is -3.29. The number of nitro benzene ring substituents is 1. The Labute approximate surface area is 144 Å². The molecule has 0 radical (unpaired) electrons. The summed E-state index contributed by atoms with van der Waals surface area (Å²) in [6.45, 7) is 0. The number of nitrogens with zero attached hydrogens (tertiary/aromatic N) is 6. The van der Waals surface area contributed by atoms with Gasteiger partial charge in [-0.1, -0.05) is 17.2 Å². The van der Waals surface area contributed by atoms with Crippen LogP contribution in [-0.2, 0) is 14.1 Å². The van der Waals surface area contributed by atoms with Crippen LogP contribution in [-0.4, -0.2) is 23.6 Å². The van der Waals surface area contributed by atoms with Crippen molar-refractivity contribution >= 4 is 34.0 Å². The number of rotatable bonds is 4. The first kappa shape index (κ1) is 16.6. The number of nitro groups is 1. The van der Waals surface area contributed by atoms with Crippen molar-refractivity contribution in [2.24, 2.45) is 24.3 Å². The van der Waals surface area contributed by atoms with E-state index < -0.39 is 4.92 Å². The van der Waals surface area contributed by atoms with E-state index in [-0.39, 0.29) is 11.4 Å². The molecule has 0 aliphatic heterocycles. The van der Waals surface area contributed by atoms with E-state index in [1.165, 1.54) is 6.07 Å². The molecule has 0 N–H and O–H groups in total. The maximum Gasteiger partial charge on any atom is 0.422 e. The first-order valence-electron chi connectivity index (χ1n) is 7.71. The SMILES string of the molecule is CN(C)c1ccc(N=Nc2n(C)c3ccccc3[n+]2C)c([N+](=O)[O-])c1. The molecule has 0 unspecified atom stereocenters. The summed E-state index contributed by atoms with van der Waals surface area (Å²) < 4.78 is 3.80. The third kappa shape index (κ3) is 2.93. The molecule has 0 aliphatic carbocycles. The molecule has 128 valence electrons. The molecular formula is C17H19N6O2+. The van der Waals surface area contributed by atoms with Crippen molar-refractivity contribution in [2.45, 2.75) is 0 Å². The number of azo groups is 1. The van der Waals surface area contributed by atoms with Crippen molar-refractivity contribution in [3.8, 4) is 0 Å². The lowest BCUT2D eigenvalue weighted by atomic mass is 10.2. The Bertz CT molecular complexity index is 951. The topological polar surface area (TPSA) is 79.9 Å². The molecule has 8 nitrogen and oxygen atoms in total. The van der Waals surface area contributed by atoms with E-state index in [0.29, 0.717) is 5.95 Å². The Kier molecular flexibility index (Phi) is 4.18. The second kappa shape index (κ2) is 6.31. The van der Waals surface area contributed by atoms with Crippen LogP contribution in [0.25, 0.3) is 11.0 Å². The number of imidazole rings is 1. The number of aromatic nitrogens is 2. The monoisotopic (exact) mass is 339 g/mol. The average Bonchev–Trinajstić information content (AvgIpc) is 2.84. The highest BCUT2D eigenvalue weighted by Gasteiger charge is 2.21. The van der Waals surface area contributed by atoms with E-state index >= 15 is 0 Å². The molecule has 0 amide bonds. The third-order valence-electron chi connectivity index (χ3n) is 4.12. The van der Waals surface area contributed by atoms with Gasteiger partial charge in [-0.05, 0) is 24.3 Å². The molecule has 2 aromatic carbocycles. The molecule has 0 saturated carbocycles. The van der Waals surface area contributed by atoms with Crippen molar-refractivity contribution in [1.29, 1.82) is 0 Å². The van der Waals surface area contributed by atoms with Crippen LogP contribution in [0, 0.1) is 10.1 Å². The zero-order valence-electron chi connectivity index (χ0n) is 14.5. The maximum absolute atomic E-state index is 11.4. The summed E-state index contributed by atoms with van der Waals surface area (Å²) in [4.78, 5) is 12.7. The lowest BCUT2D eigenvalue weighted by molar-refractivity contribution is -0.632. The van der Waals surface area contributed by atoms with Gasteiger partial charge in [0.25, 0.3) is 5.69 Å². The molecule has 3 rings (SSSR count). The van der Waals surface area contributed by atoms with E-state index in [1.807, 2.05) is 61.6 Å². The van der Waals surface area contributed by atoms with Crippen molar-refractivity contribution in [1.82, 2.24) is 4.57 Å². The lowest BCUT2D eigenvalue weighted by Crippen LogP contribution is -2.26. The smallest absolute Gasteiger partial charge is 0.377 e. The van der Waals surface area contributed by atoms with Crippen LogP contribution in [0.15, 0.2) is 52.7 Å². The van der Waals surface area contributed by atoms with Gasteiger partial charge in [0.2, 0.25) is 0 Å². The molecule has 25 heavy (non-hydrogen) atoms. The van der Waals surface area contributed by atoms with Gasteiger partial charge in [0.1, 0.15) is 11.0 Å². The maximum atomic E-state index is 11.4. The fraction of sp³-hybridized carbons (Fsp3) is 0.235. The fourth-order valence-corrected chi connectivity index (χ4v) is 2.73. The number of benzene rings is 2. The van der Waals surface area contributed by atoms with E-state index in [0.717, 1.165) is 16.7 Å². The first-order chi connectivity index (χ1) is 11.9. The minimum Gasteiger partial charge on any atom is -0.377 e. The van der Waals surface area contributed by atoms with E-state index in [1.54, 1.807) is 17.0 Å². The van der Waals surface area contributed by atoms with Crippen molar-refractivity contribution < 1.29 is 9.49 Å². The summed E-state index contributed by atoms with van der Waals surface area (Å²) in [5.74, 6) is 0.604. The van der Waals surface area contributed by atoms with Crippen LogP contribution < -0.4 is 9.47 Å². The quantitative estimate of drug-likeness (QED) is 0.316. The van der Waals surface area contributed by atoms with E-state index in [4.69, 9.17) is 0 Å². The van der Waals surface area contributed by atoms with Crippen LogP contribution >= 0.6 is 0 Å². The van der Waals surface area contributed by atoms with Gasteiger partial charge >= 0.3 is 5.95 Å². The molecule has 0 fully saturated rings. The number of aryl methyl sites for hydroxylation is 2. The number of hydrogen-bond donors (Lipinski definition) is 0. The molecular weight excluding hydrogens is 320 g/mol. The lowest BCUT2D eigenvalue weighted by Gasteiger charge is -2.11. The molecule has 3 aromatic rings. The van der Waals surface area contributed by atoms with Gasteiger partial charge in [-0.25, -0.2) is 9.13 Å². The predicted molar refractivity (Wildman–Crippen MR) is 95.7 cm³/mol. The molecule has 1 heterocycles. The number of fused-ring (bicyclic) bond motifs is 1. The second-order valence-corrected chi connectivity index (χ2v) is 5.93. The molecule has 0 saturated heterocycles. The third-order valence-corrected chi connectivity index (χ3v) is 4.12. The minimum absolute atomic E-state index is 0.0728. The van der Waals surface area contributed by atoms with Crippen LogP contribution in [0.4, 0.5) is 23.0 Å². The van der Waals surface area contributed by atoms with Gasteiger partial charge in [-0.3, -0.25) is 10.1 Å². The van der Waals surface area contributed by atoms with Crippen molar-refractivity contribution in [2.75, 3.05) is 19.0 Å². The van der Waals surface area contributed by atoms with Gasteiger partial charge in [0, 0.05) is 31.0 Å². The van der Waals surface area contributed by atoms with Crippen LogP contribution in [0.5, 0.6) is 0 Å². The first-order valence-corrected chi connectivity index (χ1v) is 7.71. The highest BCUT2D eigenvalue weighted by molar-refractivity contribution is 5.73. The van der Waals surface area contributed by atoms with Crippen LogP contribution in [0.3, 0.4) is 0 Å². The van der Waals surface area contributed by atoms with Crippen molar-refractivity contribution in [3.63, 3.8) is 0 Å². The molecule has 0 spiro atoms. The number of anilines is 1. The molecule has 0 aliphatic rings. The fourth-order valence-electron chi connectivity index (χ4n) is 2.73. The summed E-state index contributed by atoms with van der Waals surface area (Å²) in [5.41, 5.74) is 2.91. The Balaban J connectivity index is 2.07. The largest absolute Gasteiger partial charge is 0.422 e. The zero-order valence-corrected chi connectivity index (χ0v) is 14.5. The van der Waals surface area contributed by atoms with Gasteiger partial charge in [-0.2, -0.15) is 0 Å². The molecule has 0 atom stereocenters. The van der Waals surface area contributed by atoms with E-state index in [2.05, 4.69) is 10.2 Å². The average molecular weight is 339 g/mol. The molecule has 8 heteroatoms. The minimum atomic E-state index is -0.442. The van der Waals surface area contributed by atoms with Crippen molar-refractivity contribution in [3.05, 3.63) is 52.6 Å². The normalized spacial score (nSPS) is 11.4. The Morgan fingerprint density at radius 3 is 2.52 bits per heavy atom. The summed E-state index contributed by atoms with van der Waals surface area (Å²) in [6.07, 6.45) is 0. The van der Waals surface area contributed by atoms with Gasteiger partial charge in [0.05, 0.1) is 19.0 Å². The summed E-state index contributed by atoms with van der Waals surface area (Å²) in [6, 6.07) is 12.8. The summed E-state index contributed by atoms with van der Waals surface area (Å²) in [5, 5.41) is 19.8. The van der Waals surface area contributed by atoms with Crippen LogP contribution in [0.2, 0.25) is 0 Å². The van der Waals surface area contributed by atoms with Gasteiger partial charge in [0.15, 0.2) is 5.69 Å². The highest BCUT2D eigenvalue weighted by Crippen LogP contribution is 2.32. The second-order valence-electron chi connectivity index (χ2n) is 5.93. The van der Waals surface area contributed by atoms with Gasteiger partial charge < -0.3 is 4.90 Å². The number of para-hydroxylation sites is 2. The molecule has 0 bridgehead atoms. The zero-order chi connectivity index (χ0) is 18.1. The standard InChI is InChI=1S/C17H19N6O2/c1-20(2)12-9-10-13(16(11-12)23(24)25)18-19-17-21(3)14-7-5-6-8-15(14)22(17)4/h5-11H,1-4H3/q+1. The summed E-state index contributed by atoms with van der Waals surface area (Å²) >= 11 is 0. The Morgan fingerprint density at radius 1 is 1.16 bits per heavy atom. The van der Waals surface area contributed by atoms with E-state index in [9.17, 15) is 10.1 Å². The number of hydrogen-bond acceptors (Lipinski definition) is 5.